The SMILES string of the molecule is COc1ccc(NC(=O)CN(Cc2ccccc2C)C(=O)CN2C(=O)C(=O)c3ccccc32)c(OC)c1. The number of para-hydroxylation sites is 1. The molecule has 0 radical (unpaired) electrons. The van der Waals surface area contributed by atoms with Gasteiger partial charge >= 0.3 is 0 Å². The third kappa shape index (κ3) is 5.45. The van der Waals surface area contributed by atoms with Crippen LogP contribution in [0, 0.1) is 6.92 Å². The zero-order valence-corrected chi connectivity index (χ0v) is 20.8. The van der Waals surface area contributed by atoms with E-state index in [4.69, 9.17) is 9.47 Å². The molecule has 9 heteroatoms. The lowest BCUT2D eigenvalue weighted by molar-refractivity contribution is -0.134. The van der Waals surface area contributed by atoms with E-state index in [9.17, 15) is 19.2 Å². The van der Waals surface area contributed by atoms with Crippen molar-refractivity contribution in [1.29, 1.82) is 0 Å². The van der Waals surface area contributed by atoms with Crippen LogP contribution in [0.3, 0.4) is 0 Å². The van der Waals surface area contributed by atoms with Gasteiger partial charge in [-0.25, -0.2) is 0 Å². The molecule has 0 bridgehead atoms. The minimum absolute atomic E-state index is 0.149. The van der Waals surface area contributed by atoms with Crippen LogP contribution in [0.2, 0.25) is 0 Å². The van der Waals surface area contributed by atoms with Crippen molar-refractivity contribution in [2.75, 3.05) is 37.5 Å². The van der Waals surface area contributed by atoms with Gasteiger partial charge in [0.1, 0.15) is 24.6 Å². The summed E-state index contributed by atoms with van der Waals surface area (Å²) < 4.78 is 10.5. The van der Waals surface area contributed by atoms with Gasteiger partial charge in [0.2, 0.25) is 11.8 Å². The van der Waals surface area contributed by atoms with Gasteiger partial charge in [0.05, 0.1) is 31.2 Å². The number of ketones is 1. The van der Waals surface area contributed by atoms with Crippen LogP contribution in [0.15, 0.2) is 66.7 Å². The lowest BCUT2D eigenvalue weighted by Gasteiger charge is -2.26. The summed E-state index contributed by atoms with van der Waals surface area (Å²) in [7, 11) is 3.00. The van der Waals surface area contributed by atoms with Gasteiger partial charge in [-0.3, -0.25) is 24.1 Å². The van der Waals surface area contributed by atoms with Crippen LogP contribution in [-0.4, -0.2) is 55.7 Å². The molecule has 37 heavy (non-hydrogen) atoms. The third-order valence-electron chi connectivity index (χ3n) is 6.16. The van der Waals surface area contributed by atoms with Crippen LogP contribution >= 0.6 is 0 Å². The van der Waals surface area contributed by atoms with Crippen molar-refractivity contribution in [2.45, 2.75) is 13.5 Å². The monoisotopic (exact) mass is 501 g/mol. The topological polar surface area (TPSA) is 105 Å². The Kier molecular flexibility index (Phi) is 7.52. The third-order valence-corrected chi connectivity index (χ3v) is 6.16. The maximum Gasteiger partial charge on any atom is 0.299 e. The number of methoxy groups -OCH3 is 2. The lowest BCUT2D eigenvalue weighted by atomic mass is 10.1. The van der Waals surface area contributed by atoms with Crippen LogP contribution in [0.25, 0.3) is 0 Å². The van der Waals surface area contributed by atoms with Crippen molar-refractivity contribution in [3.63, 3.8) is 0 Å². The number of fused-ring (bicyclic) bond motifs is 1. The summed E-state index contributed by atoms with van der Waals surface area (Å²) in [5.74, 6) is -1.37. The number of carbonyl (C=O) groups is 4. The molecule has 0 spiro atoms. The van der Waals surface area contributed by atoms with E-state index in [1.165, 1.54) is 19.1 Å². The number of nitrogens with zero attached hydrogens (tertiary/aromatic N) is 2. The average Bonchev–Trinajstić information content (AvgIpc) is 3.14. The summed E-state index contributed by atoms with van der Waals surface area (Å²) in [4.78, 5) is 54.1. The number of hydrogen-bond acceptors (Lipinski definition) is 6. The zero-order chi connectivity index (χ0) is 26.5. The molecule has 0 aromatic heterocycles. The Hall–Kier alpha value is -4.66. The quantitative estimate of drug-likeness (QED) is 0.452. The van der Waals surface area contributed by atoms with E-state index in [0.29, 0.717) is 22.9 Å². The van der Waals surface area contributed by atoms with Crippen LogP contribution in [0.5, 0.6) is 11.5 Å². The molecule has 0 fully saturated rings. The Balaban J connectivity index is 1.56. The molecule has 3 aromatic rings. The van der Waals surface area contributed by atoms with Crippen LogP contribution in [-0.2, 0) is 20.9 Å². The van der Waals surface area contributed by atoms with E-state index >= 15 is 0 Å². The summed E-state index contributed by atoms with van der Waals surface area (Å²) >= 11 is 0. The predicted octanol–water partition coefficient (Wildman–Crippen LogP) is 3.21. The van der Waals surface area contributed by atoms with Gasteiger partial charge < -0.3 is 19.7 Å². The predicted molar refractivity (Wildman–Crippen MR) is 138 cm³/mol. The molecule has 3 aromatic carbocycles. The second-order valence-corrected chi connectivity index (χ2v) is 8.53. The molecule has 0 saturated heterocycles. The van der Waals surface area contributed by atoms with E-state index in [1.54, 1.807) is 42.5 Å². The molecule has 4 rings (SSSR count). The van der Waals surface area contributed by atoms with Gasteiger partial charge in [-0.1, -0.05) is 36.4 Å². The molecule has 1 aliphatic rings. The van der Waals surface area contributed by atoms with Crippen molar-refractivity contribution in [1.82, 2.24) is 4.90 Å². The Morgan fingerprint density at radius 2 is 1.68 bits per heavy atom. The molecule has 0 unspecified atom stereocenters. The number of aryl methyl sites for hydroxylation is 1. The normalized spacial score (nSPS) is 12.2. The lowest BCUT2D eigenvalue weighted by Crippen LogP contribution is -2.45. The Bertz CT molecular complexity index is 1370. The highest BCUT2D eigenvalue weighted by atomic mass is 16.5. The zero-order valence-electron chi connectivity index (χ0n) is 20.8. The molecule has 1 heterocycles. The van der Waals surface area contributed by atoms with Gasteiger partial charge in [-0.2, -0.15) is 0 Å². The number of carbonyl (C=O) groups excluding carboxylic acids is 4. The van der Waals surface area contributed by atoms with Gasteiger partial charge in [0.15, 0.2) is 0 Å². The van der Waals surface area contributed by atoms with E-state index in [0.717, 1.165) is 16.0 Å². The number of ether oxygens (including phenoxy) is 2. The van der Waals surface area contributed by atoms with E-state index < -0.39 is 23.5 Å². The average molecular weight is 502 g/mol. The number of amides is 3. The van der Waals surface area contributed by atoms with Crippen molar-refractivity contribution < 1.29 is 28.7 Å². The summed E-state index contributed by atoms with van der Waals surface area (Å²) in [5, 5.41) is 2.78. The first-order valence-corrected chi connectivity index (χ1v) is 11.6. The maximum atomic E-state index is 13.5. The van der Waals surface area contributed by atoms with Crippen molar-refractivity contribution in [3.05, 3.63) is 83.4 Å². The first kappa shape index (κ1) is 25.4. The van der Waals surface area contributed by atoms with Gasteiger partial charge in [0, 0.05) is 12.6 Å². The standard InChI is InChI=1S/C28H27N3O6/c1-18-8-4-5-9-19(18)15-30(16-25(32)29-22-13-12-20(36-2)14-24(22)37-3)26(33)17-31-23-11-7-6-10-21(23)27(34)28(31)35/h4-14H,15-17H2,1-3H3,(H,29,32). The highest BCUT2D eigenvalue weighted by Crippen LogP contribution is 2.30. The fourth-order valence-electron chi connectivity index (χ4n) is 4.13. The van der Waals surface area contributed by atoms with Crippen molar-refractivity contribution in [3.8, 4) is 11.5 Å². The highest BCUT2D eigenvalue weighted by molar-refractivity contribution is 6.52. The van der Waals surface area contributed by atoms with Crippen molar-refractivity contribution >= 4 is 34.9 Å². The molecule has 0 atom stereocenters. The fourth-order valence-corrected chi connectivity index (χ4v) is 4.13. The second-order valence-electron chi connectivity index (χ2n) is 8.53. The highest BCUT2D eigenvalue weighted by Gasteiger charge is 2.37. The molecule has 1 N–H and O–H groups in total. The Labute approximate surface area is 214 Å². The minimum atomic E-state index is -0.766. The van der Waals surface area contributed by atoms with Crippen molar-refractivity contribution in [2.24, 2.45) is 0 Å². The molecule has 0 saturated carbocycles. The first-order chi connectivity index (χ1) is 17.8. The molecule has 9 nitrogen and oxygen atoms in total. The smallest absolute Gasteiger partial charge is 0.299 e. The van der Waals surface area contributed by atoms with E-state index in [-0.39, 0.29) is 25.2 Å². The number of nitrogens with one attached hydrogen (secondary N) is 1. The molecular formula is C28H27N3O6. The summed E-state index contributed by atoms with van der Waals surface area (Å²) in [6, 6.07) is 19.0. The Morgan fingerprint density at radius 3 is 2.41 bits per heavy atom. The van der Waals surface area contributed by atoms with E-state index in [1.807, 2.05) is 31.2 Å². The van der Waals surface area contributed by atoms with Crippen LogP contribution < -0.4 is 19.7 Å². The van der Waals surface area contributed by atoms with Gasteiger partial charge in [-0.15, -0.1) is 0 Å². The molecule has 0 aliphatic carbocycles. The van der Waals surface area contributed by atoms with Gasteiger partial charge in [0.25, 0.3) is 11.7 Å². The number of Topliss-reactive ketones (excluding diaryl/α,β-unsaturated/α-hetero) is 1. The number of hydrogen-bond donors (Lipinski definition) is 1. The Morgan fingerprint density at radius 1 is 0.946 bits per heavy atom. The fraction of sp³-hybridized carbons (Fsp3) is 0.214. The second kappa shape index (κ2) is 10.9. The van der Waals surface area contributed by atoms with Crippen LogP contribution in [0.1, 0.15) is 21.5 Å². The molecule has 3 amide bonds. The molecular weight excluding hydrogens is 474 g/mol. The largest absolute Gasteiger partial charge is 0.497 e. The summed E-state index contributed by atoms with van der Waals surface area (Å²) in [6.07, 6.45) is 0. The maximum absolute atomic E-state index is 13.5. The first-order valence-electron chi connectivity index (χ1n) is 11.6. The van der Waals surface area contributed by atoms with Gasteiger partial charge in [-0.05, 0) is 42.3 Å². The summed E-state index contributed by atoms with van der Waals surface area (Å²) in [5.41, 5.74) is 2.88. The van der Waals surface area contributed by atoms with Crippen LogP contribution in [0.4, 0.5) is 11.4 Å². The number of benzene rings is 3. The van der Waals surface area contributed by atoms with E-state index in [2.05, 4.69) is 5.32 Å². The summed E-state index contributed by atoms with van der Waals surface area (Å²) in [6.45, 7) is 1.42. The molecule has 1 aliphatic heterocycles. The molecule has 190 valence electrons. The number of rotatable bonds is 9. The number of anilines is 2. The minimum Gasteiger partial charge on any atom is -0.497 e.